The quantitative estimate of drug-likeness (QED) is 0.611. The van der Waals surface area contributed by atoms with Gasteiger partial charge in [0.05, 0.1) is 18.8 Å². The van der Waals surface area contributed by atoms with Crippen LogP contribution < -0.4 is 5.32 Å². The summed E-state index contributed by atoms with van der Waals surface area (Å²) in [7, 11) is -3.40. The van der Waals surface area contributed by atoms with Crippen molar-refractivity contribution in [3.05, 3.63) is 0 Å². The van der Waals surface area contributed by atoms with Crippen molar-refractivity contribution in [3.63, 3.8) is 0 Å². The number of unbranched alkanes of at least 4 members (excludes halogenated alkanes) is 1. The number of sulfonamides is 1. The Morgan fingerprint density at radius 2 is 2.14 bits per heavy atom. The van der Waals surface area contributed by atoms with Gasteiger partial charge in [0.25, 0.3) is 0 Å². The maximum Gasteiger partial charge on any atom is 0.306 e. The fourth-order valence-electron chi connectivity index (χ4n) is 2.41. The number of hydrogen-bond donors (Lipinski definition) is 1. The number of nitrogens with zero attached hydrogens (tertiary/aromatic N) is 1. The van der Waals surface area contributed by atoms with Gasteiger partial charge in [0.1, 0.15) is 0 Å². The van der Waals surface area contributed by atoms with E-state index in [1.165, 1.54) is 0 Å². The topological polar surface area (TPSA) is 75.7 Å². The first-order valence-corrected chi connectivity index (χ1v) is 9.47. The maximum atomic E-state index is 12.4. The molecule has 0 amide bonds. The summed E-state index contributed by atoms with van der Waals surface area (Å²) in [6.45, 7) is 6.02. The molecule has 0 radical (unpaired) electrons. The second-order valence-electron chi connectivity index (χ2n) is 5.38. The van der Waals surface area contributed by atoms with Gasteiger partial charge in [0.15, 0.2) is 0 Å². The second kappa shape index (κ2) is 9.38. The van der Waals surface area contributed by atoms with Crippen molar-refractivity contribution in [2.45, 2.75) is 52.0 Å². The van der Waals surface area contributed by atoms with E-state index < -0.39 is 16.0 Å². The average molecular weight is 320 g/mol. The number of rotatable bonds is 10. The first kappa shape index (κ1) is 18.4. The Morgan fingerprint density at radius 1 is 1.38 bits per heavy atom. The Kier molecular flexibility index (Phi) is 8.21. The van der Waals surface area contributed by atoms with Crippen LogP contribution in [0.4, 0.5) is 0 Å². The lowest BCUT2D eigenvalue weighted by Gasteiger charge is -2.25. The third-order valence-corrected chi connectivity index (χ3v) is 5.45. The van der Waals surface area contributed by atoms with Gasteiger partial charge in [-0.3, -0.25) is 4.79 Å². The molecule has 1 atom stereocenters. The zero-order chi connectivity index (χ0) is 15.7. The molecule has 0 aliphatic carbocycles. The van der Waals surface area contributed by atoms with Gasteiger partial charge >= 0.3 is 5.97 Å². The SMILES string of the molecule is CCCCN(CC1CCCN1)S(=O)(=O)CCC(=O)OCC. The Balaban J connectivity index is 2.58. The van der Waals surface area contributed by atoms with E-state index >= 15 is 0 Å². The molecule has 0 bridgehead atoms. The minimum Gasteiger partial charge on any atom is -0.466 e. The van der Waals surface area contributed by atoms with Crippen LogP contribution in [0.1, 0.15) is 46.0 Å². The predicted molar refractivity (Wildman–Crippen MR) is 82.5 cm³/mol. The zero-order valence-electron chi connectivity index (χ0n) is 13.1. The van der Waals surface area contributed by atoms with E-state index in [-0.39, 0.29) is 24.8 Å². The number of esters is 1. The normalized spacial score (nSPS) is 19.1. The van der Waals surface area contributed by atoms with Crippen LogP contribution in [0.3, 0.4) is 0 Å². The highest BCUT2D eigenvalue weighted by Crippen LogP contribution is 2.12. The van der Waals surface area contributed by atoms with Gasteiger partial charge in [0, 0.05) is 19.1 Å². The van der Waals surface area contributed by atoms with E-state index in [0.717, 1.165) is 32.2 Å². The Labute approximate surface area is 128 Å². The van der Waals surface area contributed by atoms with Crippen LogP contribution in [-0.4, -0.2) is 56.7 Å². The van der Waals surface area contributed by atoms with Gasteiger partial charge in [-0.05, 0) is 32.7 Å². The van der Waals surface area contributed by atoms with Gasteiger partial charge < -0.3 is 10.1 Å². The number of ether oxygens (including phenoxy) is 1. The Bertz CT molecular complexity index is 405. The molecular weight excluding hydrogens is 292 g/mol. The Hall–Kier alpha value is -0.660. The summed E-state index contributed by atoms with van der Waals surface area (Å²) in [6.07, 6.45) is 3.81. The third-order valence-electron chi connectivity index (χ3n) is 3.61. The van der Waals surface area contributed by atoms with Gasteiger partial charge in [-0.25, -0.2) is 12.7 Å². The first-order chi connectivity index (χ1) is 9.99. The summed E-state index contributed by atoms with van der Waals surface area (Å²) >= 11 is 0. The molecule has 0 spiro atoms. The predicted octanol–water partition coefficient (Wildman–Crippen LogP) is 1.12. The Morgan fingerprint density at radius 3 is 2.71 bits per heavy atom. The van der Waals surface area contributed by atoms with Crippen LogP contribution in [0, 0.1) is 0 Å². The lowest BCUT2D eigenvalue weighted by Crippen LogP contribution is -2.42. The van der Waals surface area contributed by atoms with E-state index in [9.17, 15) is 13.2 Å². The van der Waals surface area contributed by atoms with Crippen molar-refractivity contribution in [1.82, 2.24) is 9.62 Å². The fraction of sp³-hybridized carbons (Fsp3) is 0.929. The molecule has 1 rings (SSSR count). The molecule has 0 aromatic rings. The molecule has 1 fully saturated rings. The lowest BCUT2D eigenvalue weighted by atomic mass is 10.2. The highest BCUT2D eigenvalue weighted by molar-refractivity contribution is 7.89. The van der Waals surface area contributed by atoms with Crippen LogP contribution in [-0.2, 0) is 19.6 Å². The summed E-state index contributed by atoms with van der Waals surface area (Å²) < 4.78 is 31.2. The van der Waals surface area contributed by atoms with Crippen molar-refractivity contribution < 1.29 is 17.9 Å². The van der Waals surface area contributed by atoms with Crippen LogP contribution >= 0.6 is 0 Å². The molecule has 1 aliphatic rings. The van der Waals surface area contributed by atoms with Crippen LogP contribution in [0.5, 0.6) is 0 Å². The molecule has 1 unspecified atom stereocenters. The van der Waals surface area contributed by atoms with Gasteiger partial charge in [0.2, 0.25) is 10.0 Å². The van der Waals surface area contributed by atoms with E-state index in [1.54, 1.807) is 11.2 Å². The van der Waals surface area contributed by atoms with Crippen molar-refractivity contribution >= 4 is 16.0 Å². The van der Waals surface area contributed by atoms with Crippen molar-refractivity contribution in [1.29, 1.82) is 0 Å². The highest BCUT2D eigenvalue weighted by atomic mass is 32.2. The molecule has 124 valence electrons. The van der Waals surface area contributed by atoms with Crippen molar-refractivity contribution in [2.24, 2.45) is 0 Å². The average Bonchev–Trinajstić information content (AvgIpc) is 2.94. The van der Waals surface area contributed by atoms with Crippen molar-refractivity contribution in [2.75, 3.05) is 32.0 Å². The zero-order valence-corrected chi connectivity index (χ0v) is 14.0. The summed E-state index contributed by atoms with van der Waals surface area (Å²) in [4.78, 5) is 11.4. The minimum atomic E-state index is -3.40. The summed E-state index contributed by atoms with van der Waals surface area (Å²) in [5, 5.41) is 3.32. The van der Waals surface area contributed by atoms with Crippen LogP contribution in [0.15, 0.2) is 0 Å². The molecule has 1 N–H and O–H groups in total. The van der Waals surface area contributed by atoms with E-state index in [1.807, 2.05) is 6.92 Å². The molecule has 1 heterocycles. The number of hydrogen-bond acceptors (Lipinski definition) is 5. The molecular formula is C14H28N2O4S. The largest absolute Gasteiger partial charge is 0.466 e. The van der Waals surface area contributed by atoms with Gasteiger partial charge in [-0.1, -0.05) is 13.3 Å². The van der Waals surface area contributed by atoms with E-state index in [0.29, 0.717) is 13.1 Å². The number of carbonyl (C=O) groups excluding carboxylic acids is 1. The summed E-state index contributed by atoms with van der Waals surface area (Å²) in [5.74, 6) is -0.613. The number of carbonyl (C=O) groups is 1. The molecule has 1 aliphatic heterocycles. The van der Waals surface area contributed by atoms with Gasteiger partial charge in [-0.15, -0.1) is 0 Å². The third kappa shape index (κ3) is 6.76. The molecule has 1 saturated heterocycles. The summed E-state index contributed by atoms with van der Waals surface area (Å²) in [5.41, 5.74) is 0. The van der Waals surface area contributed by atoms with E-state index in [2.05, 4.69) is 5.32 Å². The molecule has 0 saturated carbocycles. The molecule has 7 heteroatoms. The van der Waals surface area contributed by atoms with Crippen molar-refractivity contribution in [3.8, 4) is 0 Å². The standard InChI is InChI=1S/C14H28N2O4S/c1-3-5-10-16(12-13-7-6-9-15-13)21(18,19)11-8-14(17)20-4-2/h13,15H,3-12H2,1-2H3. The molecule has 6 nitrogen and oxygen atoms in total. The molecule has 0 aromatic carbocycles. The fourth-order valence-corrected chi connectivity index (χ4v) is 3.91. The van der Waals surface area contributed by atoms with E-state index in [4.69, 9.17) is 4.74 Å². The van der Waals surface area contributed by atoms with Crippen LogP contribution in [0.25, 0.3) is 0 Å². The van der Waals surface area contributed by atoms with Crippen LogP contribution in [0.2, 0.25) is 0 Å². The first-order valence-electron chi connectivity index (χ1n) is 7.86. The molecule has 21 heavy (non-hydrogen) atoms. The lowest BCUT2D eigenvalue weighted by molar-refractivity contribution is -0.142. The maximum absolute atomic E-state index is 12.4. The second-order valence-corrected chi connectivity index (χ2v) is 7.46. The number of nitrogens with one attached hydrogen (secondary N) is 1. The highest BCUT2D eigenvalue weighted by Gasteiger charge is 2.27. The minimum absolute atomic E-state index is 0.0725. The summed E-state index contributed by atoms with van der Waals surface area (Å²) in [6, 6.07) is 0.235. The van der Waals surface area contributed by atoms with Gasteiger partial charge in [-0.2, -0.15) is 0 Å². The molecule has 0 aromatic heterocycles. The monoisotopic (exact) mass is 320 g/mol. The smallest absolute Gasteiger partial charge is 0.306 e.